The molecule has 0 saturated heterocycles. The van der Waals surface area contributed by atoms with E-state index in [1.165, 1.54) is 0 Å². The van der Waals surface area contributed by atoms with Crippen LogP contribution in [0.1, 0.15) is 42.8 Å². The molecule has 1 aromatic carbocycles. The number of hydrogen-bond donors (Lipinski definition) is 1. The molecule has 0 bridgehead atoms. The van der Waals surface area contributed by atoms with Gasteiger partial charge in [-0.3, -0.25) is 0 Å². The molecule has 1 aliphatic carbocycles. The normalized spacial score (nSPS) is 13.5. The SMILES string of the molecule is [C-]#[N+]c1cc(C#N)cc(Sc2c(C3CC3)nc(CCO)n2CC)c1. The molecule has 0 atom stereocenters. The van der Waals surface area contributed by atoms with Gasteiger partial charge in [0, 0.05) is 29.3 Å². The van der Waals surface area contributed by atoms with Gasteiger partial charge in [-0.2, -0.15) is 5.26 Å². The molecule has 1 aromatic heterocycles. The second-order valence-electron chi connectivity index (χ2n) is 5.75. The summed E-state index contributed by atoms with van der Waals surface area (Å²) in [5, 5.41) is 19.5. The van der Waals surface area contributed by atoms with E-state index in [1.807, 2.05) is 12.1 Å². The lowest BCUT2D eigenvalue weighted by atomic mass is 10.2. The number of aliphatic hydroxyl groups excluding tert-OH is 1. The van der Waals surface area contributed by atoms with E-state index in [4.69, 9.17) is 16.8 Å². The average molecular weight is 338 g/mol. The second-order valence-corrected chi connectivity index (χ2v) is 6.81. The number of benzene rings is 1. The molecule has 3 rings (SSSR count). The first-order chi connectivity index (χ1) is 11.7. The molecule has 1 aliphatic rings. The predicted molar refractivity (Wildman–Crippen MR) is 92.2 cm³/mol. The van der Waals surface area contributed by atoms with Gasteiger partial charge in [0.25, 0.3) is 0 Å². The lowest BCUT2D eigenvalue weighted by Crippen LogP contribution is -2.05. The fraction of sp³-hybridized carbons (Fsp3) is 0.389. The van der Waals surface area contributed by atoms with Crippen molar-refractivity contribution < 1.29 is 5.11 Å². The Bertz CT molecular complexity index is 808. The van der Waals surface area contributed by atoms with Crippen LogP contribution in [0.15, 0.2) is 28.1 Å². The van der Waals surface area contributed by atoms with Crippen molar-refractivity contribution in [2.24, 2.45) is 0 Å². The van der Waals surface area contributed by atoms with Gasteiger partial charge < -0.3 is 9.67 Å². The molecule has 0 aliphatic heterocycles. The predicted octanol–water partition coefficient (Wildman–Crippen LogP) is 3.89. The van der Waals surface area contributed by atoms with E-state index in [9.17, 15) is 5.11 Å². The van der Waals surface area contributed by atoms with Crippen molar-refractivity contribution in [2.75, 3.05) is 6.61 Å². The van der Waals surface area contributed by atoms with Gasteiger partial charge in [0.15, 0.2) is 5.69 Å². The number of aliphatic hydroxyl groups is 1. The number of rotatable bonds is 6. The quantitative estimate of drug-likeness (QED) is 0.812. The van der Waals surface area contributed by atoms with Crippen LogP contribution in [-0.4, -0.2) is 21.3 Å². The summed E-state index contributed by atoms with van der Waals surface area (Å²) in [5.74, 6) is 1.41. The molecule has 0 radical (unpaired) electrons. The zero-order valence-electron chi connectivity index (χ0n) is 13.5. The van der Waals surface area contributed by atoms with E-state index in [0.29, 0.717) is 23.6 Å². The van der Waals surface area contributed by atoms with E-state index < -0.39 is 0 Å². The maximum absolute atomic E-state index is 9.29. The summed E-state index contributed by atoms with van der Waals surface area (Å²) < 4.78 is 2.14. The Balaban J connectivity index is 2.03. The van der Waals surface area contributed by atoms with Gasteiger partial charge in [0.2, 0.25) is 0 Å². The summed E-state index contributed by atoms with van der Waals surface area (Å²) in [7, 11) is 0. The summed E-state index contributed by atoms with van der Waals surface area (Å²) in [6.45, 7) is 10.1. The van der Waals surface area contributed by atoms with Crippen molar-refractivity contribution in [1.29, 1.82) is 5.26 Å². The zero-order valence-corrected chi connectivity index (χ0v) is 14.3. The number of hydrogen-bond acceptors (Lipinski definition) is 4. The van der Waals surface area contributed by atoms with Gasteiger partial charge in [-0.1, -0.05) is 11.8 Å². The molecule has 6 heteroatoms. The minimum Gasteiger partial charge on any atom is -0.396 e. The number of imidazole rings is 1. The summed E-state index contributed by atoms with van der Waals surface area (Å²) in [6.07, 6.45) is 2.84. The van der Waals surface area contributed by atoms with E-state index in [-0.39, 0.29) is 6.61 Å². The number of nitriles is 1. The average Bonchev–Trinajstić information content (AvgIpc) is 3.39. The lowest BCUT2D eigenvalue weighted by molar-refractivity contribution is 0.294. The Labute approximate surface area is 145 Å². The van der Waals surface area contributed by atoms with Crippen LogP contribution in [-0.2, 0) is 13.0 Å². The van der Waals surface area contributed by atoms with Gasteiger partial charge in [0.05, 0.1) is 24.9 Å². The lowest BCUT2D eigenvalue weighted by Gasteiger charge is -2.10. The summed E-state index contributed by atoms with van der Waals surface area (Å²) in [6, 6.07) is 7.35. The molecular weight excluding hydrogens is 320 g/mol. The fourth-order valence-corrected chi connectivity index (χ4v) is 3.98. The molecule has 0 amide bonds. The first-order valence-electron chi connectivity index (χ1n) is 8.00. The first kappa shape index (κ1) is 16.6. The van der Waals surface area contributed by atoms with Crippen LogP contribution in [0.4, 0.5) is 5.69 Å². The molecule has 2 aromatic rings. The molecule has 0 spiro atoms. The number of nitrogens with zero attached hydrogens (tertiary/aromatic N) is 4. The van der Waals surface area contributed by atoms with Crippen LogP contribution >= 0.6 is 11.8 Å². The smallest absolute Gasteiger partial charge is 0.189 e. The second kappa shape index (κ2) is 7.09. The molecule has 5 nitrogen and oxygen atoms in total. The third-order valence-corrected chi connectivity index (χ3v) is 5.10. The molecule has 1 fully saturated rings. The van der Waals surface area contributed by atoms with Crippen LogP contribution in [0.25, 0.3) is 4.85 Å². The zero-order chi connectivity index (χ0) is 17.1. The Hall–Kier alpha value is -2.28. The van der Waals surface area contributed by atoms with Crippen molar-refractivity contribution in [2.45, 2.75) is 48.6 Å². The van der Waals surface area contributed by atoms with E-state index in [0.717, 1.165) is 40.8 Å². The standard InChI is InChI=1S/C18H18N4OS/c1-3-22-16(6-7-23)21-17(13-4-5-13)18(22)24-15-9-12(11-19)8-14(10-15)20-2/h8-10,13,23H,3-7H2,1H3. The monoisotopic (exact) mass is 338 g/mol. The summed E-state index contributed by atoms with van der Waals surface area (Å²) in [4.78, 5) is 9.11. The van der Waals surface area contributed by atoms with Crippen LogP contribution in [0.5, 0.6) is 0 Å². The van der Waals surface area contributed by atoms with Crippen LogP contribution < -0.4 is 0 Å². The maximum Gasteiger partial charge on any atom is 0.189 e. The van der Waals surface area contributed by atoms with Crippen molar-refractivity contribution >= 4 is 17.4 Å². The van der Waals surface area contributed by atoms with Crippen molar-refractivity contribution in [3.63, 3.8) is 0 Å². The van der Waals surface area contributed by atoms with E-state index >= 15 is 0 Å². The molecule has 0 unspecified atom stereocenters. The van der Waals surface area contributed by atoms with E-state index in [2.05, 4.69) is 22.4 Å². The van der Waals surface area contributed by atoms with Gasteiger partial charge >= 0.3 is 0 Å². The molecule has 1 heterocycles. The largest absolute Gasteiger partial charge is 0.396 e. The van der Waals surface area contributed by atoms with Crippen molar-refractivity contribution in [1.82, 2.24) is 9.55 Å². The van der Waals surface area contributed by atoms with Crippen LogP contribution in [0.3, 0.4) is 0 Å². The van der Waals surface area contributed by atoms with E-state index in [1.54, 1.807) is 17.8 Å². The third kappa shape index (κ3) is 3.31. The molecule has 24 heavy (non-hydrogen) atoms. The van der Waals surface area contributed by atoms with Gasteiger partial charge in [-0.15, -0.1) is 0 Å². The van der Waals surface area contributed by atoms with Crippen molar-refractivity contribution in [3.8, 4) is 6.07 Å². The highest BCUT2D eigenvalue weighted by Gasteiger charge is 2.31. The minimum absolute atomic E-state index is 0.0804. The molecule has 1 N–H and O–H groups in total. The summed E-state index contributed by atoms with van der Waals surface area (Å²) >= 11 is 1.56. The van der Waals surface area contributed by atoms with Gasteiger partial charge in [-0.05, 0) is 38.0 Å². The van der Waals surface area contributed by atoms with Crippen LogP contribution in [0, 0.1) is 17.9 Å². The topological polar surface area (TPSA) is 66.2 Å². The number of aromatic nitrogens is 2. The Morgan fingerprint density at radius 2 is 2.25 bits per heavy atom. The molecular formula is C18H18N4OS. The Morgan fingerprint density at radius 1 is 1.46 bits per heavy atom. The minimum atomic E-state index is 0.0804. The Kier molecular flexibility index (Phi) is 4.89. The summed E-state index contributed by atoms with van der Waals surface area (Å²) in [5.41, 5.74) is 2.07. The van der Waals surface area contributed by atoms with Gasteiger partial charge in [-0.25, -0.2) is 9.83 Å². The van der Waals surface area contributed by atoms with Crippen molar-refractivity contribution in [3.05, 3.63) is 46.7 Å². The first-order valence-corrected chi connectivity index (χ1v) is 8.82. The third-order valence-electron chi connectivity index (χ3n) is 4.01. The highest BCUT2D eigenvalue weighted by Crippen LogP contribution is 2.46. The maximum atomic E-state index is 9.29. The van der Waals surface area contributed by atoms with Gasteiger partial charge in [0.1, 0.15) is 10.9 Å². The molecule has 122 valence electrons. The van der Waals surface area contributed by atoms with Crippen LogP contribution in [0.2, 0.25) is 0 Å². The fourth-order valence-electron chi connectivity index (χ4n) is 2.73. The highest BCUT2D eigenvalue weighted by molar-refractivity contribution is 7.99. The molecule has 1 saturated carbocycles. The highest BCUT2D eigenvalue weighted by atomic mass is 32.2. The Morgan fingerprint density at radius 3 is 2.83 bits per heavy atom.